The summed E-state index contributed by atoms with van der Waals surface area (Å²) in [5.74, 6) is 2.15. The maximum absolute atomic E-state index is 11.5. The molecule has 0 bridgehead atoms. The number of rotatable bonds is 5. The summed E-state index contributed by atoms with van der Waals surface area (Å²) in [7, 11) is 0. The smallest absolute Gasteiger partial charge is 0.228 e. The van der Waals surface area contributed by atoms with Gasteiger partial charge in [-0.2, -0.15) is 0 Å². The number of hydrogen-bond acceptors (Lipinski definition) is 5. The fraction of sp³-hybridized carbons (Fsp3) is 0.308. The first kappa shape index (κ1) is 11.7. The number of carbonyl (C=O) groups excluding carboxylic acids is 1. The van der Waals surface area contributed by atoms with Crippen LogP contribution in [0, 0.1) is 5.92 Å². The molecular formula is C13H14N4O2. The van der Waals surface area contributed by atoms with Gasteiger partial charge in [0.15, 0.2) is 5.82 Å². The number of anilines is 2. The standard InChI is InChI=1S/C13H14N4O2/c18-13(9-3-4-9)15-12-6-5-11(16-17-12)14-8-10-2-1-7-19-10/h1-2,5-7,9H,3-4,8H2,(H,14,16)(H,15,17,18). The molecule has 98 valence electrons. The summed E-state index contributed by atoms with van der Waals surface area (Å²) in [6.07, 6.45) is 3.57. The highest BCUT2D eigenvalue weighted by atomic mass is 16.3. The minimum Gasteiger partial charge on any atom is -0.467 e. The van der Waals surface area contributed by atoms with Gasteiger partial charge in [-0.25, -0.2) is 0 Å². The van der Waals surface area contributed by atoms with Crippen LogP contribution in [-0.2, 0) is 11.3 Å². The van der Waals surface area contributed by atoms with Gasteiger partial charge < -0.3 is 15.1 Å². The average Bonchev–Trinajstić information content (AvgIpc) is 3.16. The summed E-state index contributed by atoms with van der Waals surface area (Å²) in [4.78, 5) is 11.5. The van der Waals surface area contributed by atoms with Crippen molar-refractivity contribution in [3.63, 3.8) is 0 Å². The lowest BCUT2D eigenvalue weighted by Gasteiger charge is -2.05. The molecule has 0 aliphatic heterocycles. The van der Waals surface area contributed by atoms with Crippen molar-refractivity contribution in [1.82, 2.24) is 10.2 Å². The van der Waals surface area contributed by atoms with E-state index < -0.39 is 0 Å². The van der Waals surface area contributed by atoms with Gasteiger partial charge in [0, 0.05) is 5.92 Å². The van der Waals surface area contributed by atoms with E-state index in [1.807, 2.05) is 12.1 Å². The molecular weight excluding hydrogens is 244 g/mol. The number of carbonyl (C=O) groups is 1. The lowest BCUT2D eigenvalue weighted by molar-refractivity contribution is -0.117. The average molecular weight is 258 g/mol. The monoisotopic (exact) mass is 258 g/mol. The summed E-state index contributed by atoms with van der Waals surface area (Å²) < 4.78 is 5.20. The number of amides is 1. The second-order valence-corrected chi connectivity index (χ2v) is 4.50. The molecule has 2 aromatic rings. The topological polar surface area (TPSA) is 80.0 Å². The molecule has 0 aromatic carbocycles. The Morgan fingerprint density at radius 1 is 1.26 bits per heavy atom. The SMILES string of the molecule is O=C(Nc1ccc(NCc2ccco2)nn1)C1CC1. The normalized spacial score (nSPS) is 14.1. The second kappa shape index (κ2) is 5.09. The Bertz CT molecular complexity index is 547. The quantitative estimate of drug-likeness (QED) is 0.857. The zero-order valence-corrected chi connectivity index (χ0v) is 10.3. The second-order valence-electron chi connectivity index (χ2n) is 4.50. The van der Waals surface area contributed by atoms with Gasteiger partial charge in [0.25, 0.3) is 0 Å². The zero-order valence-electron chi connectivity index (χ0n) is 10.3. The van der Waals surface area contributed by atoms with Crippen LogP contribution in [0.25, 0.3) is 0 Å². The summed E-state index contributed by atoms with van der Waals surface area (Å²) in [5.41, 5.74) is 0. The molecule has 1 fully saturated rings. The molecule has 3 rings (SSSR count). The third-order valence-corrected chi connectivity index (χ3v) is 2.89. The predicted octanol–water partition coefficient (Wildman–Crippen LogP) is 2.03. The van der Waals surface area contributed by atoms with Crippen LogP contribution in [0.3, 0.4) is 0 Å². The number of nitrogens with zero attached hydrogens (tertiary/aromatic N) is 2. The van der Waals surface area contributed by atoms with Gasteiger partial charge in [0.1, 0.15) is 11.6 Å². The highest BCUT2D eigenvalue weighted by molar-refractivity contribution is 5.93. The lowest BCUT2D eigenvalue weighted by atomic mass is 10.4. The van der Waals surface area contributed by atoms with Crippen molar-refractivity contribution in [3.8, 4) is 0 Å². The Morgan fingerprint density at radius 2 is 2.05 bits per heavy atom. The molecule has 1 aliphatic rings. The van der Waals surface area contributed by atoms with Gasteiger partial charge in [0.2, 0.25) is 5.91 Å². The first-order chi connectivity index (χ1) is 9.31. The molecule has 1 aliphatic carbocycles. The van der Waals surface area contributed by atoms with Crippen molar-refractivity contribution < 1.29 is 9.21 Å². The van der Waals surface area contributed by atoms with Crippen molar-refractivity contribution in [2.45, 2.75) is 19.4 Å². The van der Waals surface area contributed by atoms with E-state index in [-0.39, 0.29) is 11.8 Å². The Hall–Kier alpha value is -2.37. The van der Waals surface area contributed by atoms with Crippen LogP contribution in [-0.4, -0.2) is 16.1 Å². The van der Waals surface area contributed by atoms with Crippen molar-refractivity contribution in [3.05, 3.63) is 36.3 Å². The molecule has 1 amide bonds. The maximum Gasteiger partial charge on any atom is 0.228 e. The van der Waals surface area contributed by atoms with Crippen molar-refractivity contribution >= 4 is 17.5 Å². The first-order valence-electron chi connectivity index (χ1n) is 6.22. The van der Waals surface area contributed by atoms with Crippen molar-refractivity contribution in [1.29, 1.82) is 0 Å². The van der Waals surface area contributed by atoms with Crippen molar-refractivity contribution in [2.24, 2.45) is 5.92 Å². The summed E-state index contributed by atoms with van der Waals surface area (Å²) >= 11 is 0. The zero-order chi connectivity index (χ0) is 13.1. The lowest BCUT2D eigenvalue weighted by Crippen LogP contribution is -2.15. The van der Waals surface area contributed by atoms with E-state index in [1.165, 1.54) is 0 Å². The minimum atomic E-state index is 0.0330. The van der Waals surface area contributed by atoms with Crippen molar-refractivity contribution in [2.75, 3.05) is 10.6 Å². The number of hydrogen-bond donors (Lipinski definition) is 2. The fourth-order valence-corrected chi connectivity index (χ4v) is 1.66. The van der Waals surface area contributed by atoms with Gasteiger partial charge in [-0.15, -0.1) is 10.2 Å². The van der Waals surface area contributed by atoms with E-state index in [2.05, 4.69) is 20.8 Å². The van der Waals surface area contributed by atoms with E-state index in [0.717, 1.165) is 18.6 Å². The first-order valence-corrected chi connectivity index (χ1v) is 6.22. The van der Waals surface area contributed by atoms with Crippen LogP contribution in [0.15, 0.2) is 34.9 Å². The number of aromatic nitrogens is 2. The third kappa shape index (κ3) is 3.09. The van der Waals surface area contributed by atoms with Gasteiger partial charge >= 0.3 is 0 Å². The molecule has 6 heteroatoms. The highest BCUT2D eigenvalue weighted by Gasteiger charge is 2.29. The summed E-state index contributed by atoms with van der Waals surface area (Å²) in [6, 6.07) is 7.22. The Balaban J connectivity index is 1.54. The Morgan fingerprint density at radius 3 is 2.68 bits per heavy atom. The van der Waals surface area contributed by atoms with Crippen LogP contribution < -0.4 is 10.6 Å². The molecule has 2 heterocycles. The van der Waals surface area contributed by atoms with Crippen LogP contribution in [0.5, 0.6) is 0 Å². The van der Waals surface area contributed by atoms with E-state index >= 15 is 0 Å². The Labute approximate surface area is 110 Å². The van der Waals surface area contributed by atoms with Crippen LogP contribution in [0.1, 0.15) is 18.6 Å². The van der Waals surface area contributed by atoms with Crippen LogP contribution >= 0.6 is 0 Å². The molecule has 0 saturated heterocycles. The molecule has 0 atom stereocenters. The predicted molar refractivity (Wildman–Crippen MR) is 69.4 cm³/mol. The molecule has 2 aromatic heterocycles. The molecule has 1 saturated carbocycles. The highest BCUT2D eigenvalue weighted by Crippen LogP contribution is 2.29. The van der Waals surface area contributed by atoms with E-state index in [9.17, 15) is 4.79 Å². The van der Waals surface area contributed by atoms with E-state index in [4.69, 9.17) is 4.42 Å². The van der Waals surface area contributed by atoms with Crippen LogP contribution in [0.4, 0.5) is 11.6 Å². The fourth-order valence-electron chi connectivity index (χ4n) is 1.66. The van der Waals surface area contributed by atoms with E-state index in [1.54, 1.807) is 18.4 Å². The van der Waals surface area contributed by atoms with Gasteiger partial charge in [-0.05, 0) is 37.1 Å². The molecule has 19 heavy (non-hydrogen) atoms. The third-order valence-electron chi connectivity index (χ3n) is 2.89. The van der Waals surface area contributed by atoms with Gasteiger partial charge in [-0.1, -0.05) is 0 Å². The van der Waals surface area contributed by atoms with Gasteiger partial charge in [0.05, 0.1) is 12.8 Å². The molecule has 6 nitrogen and oxygen atoms in total. The summed E-state index contributed by atoms with van der Waals surface area (Å²) in [6.45, 7) is 0.551. The van der Waals surface area contributed by atoms with E-state index in [0.29, 0.717) is 18.2 Å². The molecule has 0 spiro atoms. The number of nitrogens with one attached hydrogen (secondary N) is 2. The largest absolute Gasteiger partial charge is 0.467 e. The molecule has 2 N–H and O–H groups in total. The summed E-state index contributed by atoms with van der Waals surface area (Å²) in [5, 5.41) is 13.8. The molecule has 0 radical (unpaired) electrons. The van der Waals surface area contributed by atoms with Crippen LogP contribution in [0.2, 0.25) is 0 Å². The minimum absolute atomic E-state index is 0.0330. The Kier molecular flexibility index (Phi) is 3.14. The maximum atomic E-state index is 11.5. The van der Waals surface area contributed by atoms with Gasteiger partial charge in [-0.3, -0.25) is 4.79 Å². The number of furan rings is 1. The molecule has 0 unspecified atom stereocenters.